The molecule has 0 aliphatic heterocycles. The third kappa shape index (κ3) is 8.71. The third-order valence-corrected chi connectivity index (χ3v) is 8.32. The molecule has 4 aromatic rings. The topological polar surface area (TPSA) is 114 Å². The molecule has 2 amide bonds. The van der Waals surface area contributed by atoms with E-state index in [0.717, 1.165) is 23.3 Å². The van der Waals surface area contributed by atoms with Gasteiger partial charge < -0.3 is 19.7 Å². The van der Waals surface area contributed by atoms with Gasteiger partial charge in [0.05, 0.1) is 12.0 Å². The maximum Gasteiger partial charge on any atom is 0.261 e. The minimum absolute atomic E-state index is 0.0507. The van der Waals surface area contributed by atoms with Crippen LogP contribution in [0.25, 0.3) is 0 Å². The first-order valence-electron chi connectivity index (χ1n) is 13.5. The van der Waals surface area contributed by atoms with Gasteiger partial charge in [-0.05, 0) is 79.2 Å². The van der Waals surface area contributed by atoms with Gasteiger partial charge in [-0.15, -0.1) is 0 Å². The van der Waals surface area contributed by atoms with Gasteiger partial charge in [-0.25, -0.2) is 12.8 Å². The normalized spacial score (nSPS) is 11.7. The van der Waals surface area contributed by atoms with E-state index in [4.69, 9.17) is 21.1 Å². The Bertz CT molecular complexity index is 1680. The highest BCUT2D eigenvalue weighted by Crippen LogP contribution is 2.21. The van der Waals surface area contributed by atoms with Crippen molar-refractivity contribution in [2.24, 2.45) is 0 Å². The van der Waals surface area contributed by atoms with Crippen molar-refractivity contribution in [2.75, 3.05) is 18.4 Å². The Morgan fingerprint density at radius 2 is 1.59 bits per heavy atom. The highest BCUT2D eigenvalue weighted by atomic mass is 35.5. The number of rotatable bonds is 13. The summed E-state index contributed by atoms with van der Waals surface area (Å²) in [5.74, 6) is -0.443. The van der Waals surface area contributed by atoms with Gasteiger partial charge in [-0.1, -0.05) is 41.9 Å². The molecule has 0 saturated heterocycles. The van der Waals surface area contributed by atoms with Crippen molar-refractivity contribution in [3.8, 4) is 11.5 Å². The number of benzene rings is 4. The number of methoxy groups -OCH3 is 1. The predicted molar refractivity (Wildman–Crippen MR) is 165 cm³/mol. The van der Waals surface area contributed by atoms with E-state index in [1.165, 1.54) is 41.3 Å². The molecule has 4 rings (SSSR count). The highest BCUT2D eigenvalue weighted by Gasteiger charge is 2.27. The Morgan fingerprint density at radius 3 is 2.25 bits per heavy atom. The van der Waals surface area contributed by atoms with Gasteiger partial charge in [0.25, 0.3) is 15.9 Å². The minimum Gasteiger partial charge on any atom is -0.496 e. The van der Waals surface area contributed by atoms with Crippen LogP contribution in [0.5, 0.6) is 11.5 Å². The predicted octanol–water partition coefficient (Wildman–Crippen LogP) is 5.40. The molecule has 0 aliphatic carbocycles. The van der Waals surface area contributed by atoms with Crippen molar-refractivity contribution in [1.29, 1.82) is 0 Å². The summed E-state index contributed by atoms with van der Waals surface area (Å²) in [4.78, 5) is 27.9. The zero-order valence-electron chi connectivity index (χ0n) is 24.0. The van der Waals surface area contributed by atoms with Gasteiger partial charge in [0.2, 0.25) is 5.91 Å². The number of anilines is 1. The molecule has 1 atom stereocenters. The smallest absolute Gasteiger partial charge is 0.261 e. The van der Waals surface area contributed by atoms with Gasteiger partial charge in [0, 0.05) is 29.4 Å². The van der Waals surface area contributed by atoms with Crippen molar-refractivity contribution < 1.29 is 31.9 Å². The van der Waals surface area contributed by atoms with E-state index in [-0.39, 0.29) is 35.3 Å². The zero-order chi connectivity index (χ0) is 31.7. The number of sulfonamides is 1. The van der Waals surface area contributed by atoms with Crippen LogP contribution in [-0.4, -0.2) is 44.9 Å². The molecule has 0 heterocycles. The van der Waals surface area contributed by atoms with E-state index in [0.29, 0.717) is 10.8 Å². The second-order valence-corrected chi connectivity index (χ2v) is 11.8. The summed E-state index contributed by atoms with van der Waals surface area (Å²) in [5.41, 5.74) is 1.75. The van der Waals surface area contributed by atoms with E-state index in [1.807, 2.05) is 18.2 Å². The van der Waals surface area contributed by atoms with Crippen LogP contribution >= 0.6 is 11.6 Å². The van der Waals surface area contributed by atoms with E-state index in [1.54, 1.807) is 44.4 Å². The van der Waals surface area contributed by atoms with Crippen LogP contribution in [0.1, 0.15) is 18.1 Å². The Morgan fingerprint density at radius 1 is 0.932 bits per heavy atom. The molecule has 0 saturated carbocycles. The number of para-hydroxylation sites is 1. The maximum absolute atomic E-state index is 13.4. The monoisotopic (exact) mass is 639 g/mol. The molecular weight excluding hydrogens is 609 g/mol. The van der Waals surface area contributed by atoms with Crippen molar-refractivity contribution >= 4 is 39.1 Å². The lowest BCUT2D eigenvalue weighted by Crippen LogP contribution is -2.48. The lowest BCUT2D eigenvalue weighted by molar-refractivity contribution is -0.142. The summed E-state index contributed by atoms with van der Waals surface area (Å²) in [7, 11) is -2.39. The number of amides is 2. The maximum atomic E-state index is 13.4. The van der Waals surface area contributed by atoms with Crippen LogP contribution < -0.4 is 19.5 Å². The summed E-state index contributed by atoms with van der Waals surface area (Å²) in [6, 6.07) is 23.8. The van der Waals surface area contributed by atoms with Gasteiger partial charge in [-0.3, -0.25) is 14.3 Å². The molecule has 9 nitrogen and oxygen atoms in total. The molecule has 0 fully saturated rings. The SMILES string of the molecule is COc1ccccc1CNC(=O)C(C)N(Cc1ccc(Cl)cc1)C(=O)COc1ccc(S(=O)(=O)Nc2ccc(F)cc2)cc1. The number of hydrogen-bond acceptors (Lipinski definition) is 6. The second-order valence-electron chi connectivity index (χ2n) is 9.73. The first-order chi connectivity index (χ1) is 21.1. The Balaban J connectivity index is 1.42. The number of nitrogens with one attached hydrogen (secondary N) is 2. The lowest BCUT2D eigenvalue weighted by atomic mass is 10.1. The van der Waals surface area contributed by atoms with E-state index < -0.39 is 34.4 Å². The van der Waals surface area contributed by atoms with Crippen molar-refractivity contribution in [1.82, 2.24) is 10.2 Å². The molecular formula is C32H31ClFN3O6S. The minimum atomic E-state index is -3.94. The fourth-order valence-corrected chi connectivity index (χ4v) is 5.41. The highest BCUT2D eigenvalue weighted by molar-refractivity contribution is 7.92. The summed E-state index contributed by atoms with van der Waals surface area (Å²) in [6.45, 7) is 1.55. The first-order valence-corrected chi connectivity index (χ1v) is 15.4. The Labute approximate surface area is 260 Å². The number of carbonyl (C=O) groups is 2. The summed E-state index contributed by atoms with van der Waals surface area (Å²) in [5, 5.41) is 3.40. The Hall–Kier alpha value is -4.61. The molecule has 1 unspecified atom stereocenters. The van der Waals surface area contributed by atoms with Crippen molar-refractivity contribution in [2.45, 2.75) is 31.0 Å². The Kier molecular flexibility index (Phi) is 10.8. The number of ether oxygens (including phenoxy) is 2. The average molecular weight is 640 g/mol. The fourth-order valence-electron chi connectivity index (χ4n) is 4.22. The molecule has 12 heteroatoms. The van der Waals surface area contributed by atoms with Crippen LogP contribution in [0.4, 0.5) is 10.1 Å². The molecule has 230 valence electrons. The molecule has 0 aromatic heterocycles. The molecule has 0 spiro atoms. The second kappa shape index (κ2) is 14.7. The van der Waals surface area contributed by atoms with Crippen molar-refractivity contribution in [3.63, 3.8) is 0 Å². The molecule has 4 aromatic carbocycles. The molecule has 2 N–H and O–H groups in total. The van der Waals surface area contributed by atoms with Crippen LogP contribution in [0.15, 0.2) is 102 Å². The van der Waals surface area contributed by atoms with Crippen LogP contribution in [0.2, 0.25) is 5.02 Å². The standard InChI is InChI=1S/C32H31ClFN3O6S/c1-22(32(39)35-19-24-5-3-4-6-30(24)42-2)37(20-23-7-9-25(33)10-8-23)31(38)21-43-28-15-17-29(18-16-28)44(40,41)36-27-13-11-26(34)12-14-27/h3-18,22,36H,19-21H2,1-2H3,(H,35,39). The van der Waals surface area contributed by atoms with E-state index in [2.05, 4.69) is 10.0 Å². The van der Waals surface area contributed by atoms with Gasteiger partial charge in [0.1, 0.15) is 23.4 Å². The summed E-state index contributed by atoms with van der Waals surface area (Å²) < 4.78 is 52.0. The molecule has 0 aliphatic rings. The summed E-state index contributed by atoms with van der Waals surface area (Å²) >= 11 is 6.02. The zero-order valence-corrected chi connectivity index (χ0v) is 25.6. The number of hydrogen-bond donors (Lipinski definition) is 2. The first kappa shape index (κ1) is 32.3. The molecule has 0 bridgehead atoms. The van der Waals surface area contributed by atoms with Gasteiger partial charge >= 0.3 is 0 Å². The van der Waals surface area contributed by atoms with Gasteiger partial charge in [0.15, 0.2) is 6.61 Å². The fraction of sp³-hybridized carbons (Fsp3) is 0.188. The lowest BCUT2D eigenvalue weighted by Gasteiger charge is -2.29. The number of carbonyl (C=O) groups excluding carboxylic acids is 2. The number of nitrogens with zero attached hydrogens (tertiary/aromatic N) is 1. The average Bonchev–Trinajstić information content (AvgIpc) is 3.03. The largest absolute Gasteiger partial charge is 0.496 e. The number of halogens is 2. The van der Waals surface area contributed by atoms with E-state index >= 15 is 0 Å². The summed E-state index contributed by atoms with van der Waals surface area (Å²) in [6.07, 6.45) is 0. The van der Waals surface area contributed by atoms with Crippen LogP contribution in [-0.2, 0) is 32.7 Å². The molecule has 44 heavy (non-hydrogen) atoms. The van der Waals surface area contributed by atoms with Crippen molar-refractivity contribution in [3.05, 3.63) is 119 Å². The van der Waals surface area contributed by atoms with E-state index in [9.17, 15) is 22.4 Å². The molecule has 0 radical (unpaired) electrons. The van der Waals surface area contributed by atoms with Crippen LogP contribution in [0.3, 0.4) is 0 Å². The van der Waals surface area contributed by atoms with Gasteiger partial charge in [-0.2, -0.15) is 0 Å². The third-order valence-electron chi connectivity index (χ3n) is 6.67. The quantitative estimate of drug-likeness (QED) is 0.203. The van der Waals surface area contributed by atoms with Crippen LogP contribution in [0, 0.1) is 5.82 Å².